The van der Waals surface area contributed by atoms with E-state index in [0.29, 0.717) is 19.0 Å². The van der Waals surface area contributed by atoms with E-state index in [2.05, 4.69) is 6.07 Å². The molecule has 0 aromatic rings. The molecular formula is C11H19ClN2O. The second-order valence-corrected chi connectivity index (χ2v) is 4.66. The lowest BCUT2D eigenvalue weighted by Crippen LogP contribution is -2.43. The fraction of sp³-hybridized carbons (Fsp3) is 0.818. The van der Waals surface area contributed by atoms with E-state index in [0.717, 1.165) is 0 Å². The van der Waals surface area contributed by atoms with Crippen molar-refractivity contribution in [2.75, 3.05) is 19.0 Å². The largest absolute Gasteiger partial charge is 0.341 e. The van der Waals surface area contributed by atoms with Crippen LogP contribution in [0.1, 0.15) is 27.7 Å². The standard InChI is InChI=1S/C11H19ClN2O/c1-5-14(7-9(2)6-13)10(15)11(3,4)8-12/h9H,5,7-8H2,1-4H3. The average Bonchev–Trinajstić information content (AvgIpc) is 2.24. The smallest absolute Gasteiger partial charge is 0.229 e. The molecule has 0 spiro atoms. The summed E-state index contributed by atoms with van der Waals surface area (Å²) in [5.74, 6) is 0.172. The van der Waals surface area contributed by atoms with Crippen LogP contribution in [-0.4, -0.2) is 29.8 Å². The van der Waals surface area contributed by atoms with Gasteiger partial charge in [-0.3, -0.25) is 4.79 Å². The van der Waals surface area contributed by atoms with Crippen molar-refractivity contribution in [3.63, 3.8) is 0 Å². The first-order valence-corrected chi connectivity index (χ1v) is 5.67. The maximum Gasteiger partial charge on any atom is 0.229 e. The van der Waals surface area contributed by atoms with E-state index in [-0.39, 0.29) is 11.8 Å². The minimum atomic E-state index is -0.549. The predicted molar refractivity (Wildman–Crippen MR) is 61.5 cm³/mol. The molecule has 4 heteroatoms. The molecule has 0 aliphatic rings. The molecule has 0 saturated carbocycles. The number of hydrogen-bond donors (Lipinski definition) is 0. The zero-order chi connectivity index (χ0) is 12.1. The molecule has 86 valence electrons. The van der Waals surface area contributed by atoms with Crippen LogP contribution in [0.25, 0.3) is 0 Å². The van der Waals surface area contributed by atoms with Crippen LogP contribution in [0.4, 0.5) is 0 Å². The summed E-state index contributed by atoms with van der Waals surface area (Å²) in [6.07, 6.45) is 0. The van der Waals surface area contributed by atoms with Gasteiger partial charge >= 0.3 is 0 Å². The summed E-state index contributed by atoms with van der Waals surface area (Å²) in [7, 11) is 0. The van der Waals surface area contributed by atoms with Gasteiger partial charge in [0.05, 0.1) is 17.4 Å². The van der Waals surface area contributed by atoms with Crippen molar-refractivity contribution in [3.05, 3.63) is 0 Å². The minimum Gasteiger partial charge on any atom is -0.341 e. The molecule has 1 unspecified atom stereocenters. The number of hydrogen-bond acceptors (Lipinski definition) is 2. The summed E-state index contributed by atoms with van der Waals surface area (Å²) in [5, 5.41) is 8.71. The Hall–Kier alpha value is -0.750. The zero-order valence-corrected chi connectivity index (χ0v) is 10.6. The summed E-state index contributed by atoms with van der Waals surface area (Å²) >= 11 is 5.75. The SMILES string of the molecule is CCN(CC(C)C#N)C(=O)C(C)(C)CCl. The first-order valence-electron chi connectivity index (χ1n) is 5.14. The van der Waals surface area contributed by atoms with Crippen LogP contribution in [0.2, 0.25) is 0 Å². The number of halogens is 1. The number of nitriles is 1. The first-order chi connectivity index (χ1) is 6.88. The van der Waals surface area contributed by atoms with Crippen molar-refractivity contribution < 1.29 is 4.79 Å². The van der Waals surface area contributed by atoms with Crippen LogP contribution in [0.5, 0.6) is 0 Å². The molecule has 0 aromatic heterocycles. The highest BCUT2D eigenvalue weighted by molar-refractivity contribution is 6.19. The molecule has 0 rings (SSSR count). The summed E-state index contributed by atoms with van der Waals surface area (Å²) in [6.45, 7) is 8.46. The maximum absolute atomic E-state index is 12.0. The van der Waals surface area contributed by atoms with Crippen molar-refractivity contribution in [2.45, 2.75) is 27.7 Å². The van der Waals surface area contributed by atoms with Gasteiger partial charge in [-0.2, -0.15) is 5.26 Å². The van der Waals surface area contributed by atoms with Crippen molar-refractivity contribution in [2.24, 2.45) is 11.3 Å². The number of nitrogens with zero attached hydrogens (tertiary/aromatic N) is 2. The monoisotopic (exact) mass is 230 g/mol. The van der Waals surface area contributed by atoms with Gasteiger partial charge in [-0.05, 0) is 27.7 Å². The molecule has 0 radical (unpaired) electrons. The minimum absolute atomic E-state index is 0.0158. The molecule has 0 saturated heterocycles. The summed E-state index contributed by atoms with van der Waals surface area (Å²) in [6, 6.07) is 2.13. The first kappa shape index (κ1) is 14.2. The van der Waals surface area contributed by atoms with Gasteiger partial charge in [-0.1, -0.05) is 0 Å². The van der Waals surface area contributed by atoms with Crippen LogP contribution in [-0.2, 0) is 4.79 Å². The van der Waals surface area contributed by atoms with Gasteiger partial charge in [0.1, 0.15) is 0 Å². The van der Waals surface area contributed by atoms with Crippen LogP contribution in [0, 0.1) is 22.7 Å². The van der Waals surface area contributed by atoms with Crippen molar-refractivity contribution >= 4 is 17.5 Å². The van der Waals surface area contributed by atoms with Crippen LogP contribution < -0.4 is 0 Å². The highest BCUT2D eigenvalue weighted by atomic mass is 35.5. The summed E-state index contributed by atoms with van der Waals surface area (Å²) in [5.41, 5.74) is -0.549. The second-order valence-electron chi connectivity index (χ2n) is 4.39. The number of carbonyl (C=O) groups excluding carboxylic acids is 1. The third kappa shape index (κ3) is 4.09. The Labute approximate surface area is 97.0 Å². The fourth-order valence-electron chi connectivity index (χ4n) is 1.21. The van der Waals surface area contributed by atoms with Crippen molar-refractivity contribution in [3.8, 4) is 6.07 Å². The van der Waals surface area contributed by atoms with Crippen molar-refractivity contribution in [1.29, 1.82) is 5.26 Å². The van der Waals surface area contributed by atoms with E-state index in [1.165, 1.54) is 0 Å². The van der Waals surface area contributed by atoms with Gasteiger partial charge < -0.3 is 4.90 Å². The molecule has 0 aliphatic carbocycles. The maximum atomic E-state index is 12.0. The topological polar surface area (TPSA) is 44.1 Å². The molecule has 0 bridgehead atoms. The van der Waals surface area contributed by atoms with Gasteiger partial charge in [0, 0.05) is 19.0 Å². The lowest BCUT2D eigenvalue weighted by atomic mass is 9.94. The average molecular weight is 231 g/mol. The third-order valence-corrected chi connectivity index (χ3v) is 2.96. The Morgan fingerprint density at radius 3 is 2.47 bits per heavy atom. The molecular weight excluding hydrogens is 212 g/mol. The normalized spacial score (nSPS) is 13.1. The van der Waals surface area contributed by atoms with Crippen LogP contribution in [0.3, 0.4) is 0 Å². The van der Waals surface area contributed by atoms with E-state index in [1.807, 2.05) is 27.7 Å². The molecule has 1 atom stereocenters. The Balaban J connectivity index is 4.56. The van der Waals surface area contributed by atoms with Crippen molar-refractivity contribution in [1.82, 2.24) is 4.90 Å². The van der Waals surface area contributed by atoms with Crippen LogP contribution in [0.15, 0.2) is 0 Å². The number of rotatable bonds is 5. The molecule has 15 heavy (non-hydrogen) atoms. The van der Waals surface area contributed by atoms with Gasteiger partial charge in [0.2, 0.25) is 5.91 Å². The van der Waals surface area contributed by atoms with E-state index < -0.39 is 5.41 Å². The molecule has 0 aliphatic heterocycles. The third-order valence-electron chi connectivity index (χ3n) is 2.30. The number of alkyl halides is 1. The molecule has 0 heterocycles. The van der Waals surface area contributed by atoms with Crippen LogP contribution >= 0.6 is 11.6 Å². The van der Waals surface area contributed by atoms with E-state index in [4.69, 9.17) is 16.9 Å². The summed E-state index contributed by atoms with van der Waals surface area (Å²) < 4.78 is 0. The van der Waals surface area contributed by atoms with E-state index in [1.54, 1.807) is 4.90 Å². The Kier molecular flexibility index (Phi) is 5.67. The molecule has 0 fully saturated rings. The number of amides is 1. The summed E-state index contributed by atoms with van der Waals surface area (Å²) in [4.78, 5) is 13.7. The highest BCUT2D eigenvalue weighted by Gasteiger charge is 2.30. The molecule has 0 aromatic carbocycles. The quantitative estimate of drug-likeness (QED) is 0.680. The number of carbonyl (C=O) groups is 1. The molecule has 1 amide bonds. The lowest BCUT2D eigenvalue weighted by Gasteiger charge is -2.30. The van der Waals surface area contributed by atoms with Gasteiger partial charge in [-0.25, -0.2) is 0 Å². The highest BCUT2D eigenvalue weighted by Crippen LogP contribution is 2.21. The molecule has 0 N–H and O–H groups in total. The van der Waals surface area contributed by atoms with E-state index >= 15 is 0 Å². The Bertz CT molecular complexity index is 258. The van der Waals surface area contributed by atoms with Gasteiger partial charge in [-0.15, -0.1) is 11.6 Å². The zero-order valence-electron chi connectivity index (χ0n) is 9.88. The fourth-order valence-corrected chi connectivity index (χ4v) is 1.33. The Morgan fingerprint density at radius 1 is 1.60 bits per heavy atom. The van der Waals surface area contributed by atoms with Gasteiger partial charge in [0.15, 0.2) is 0 Å². The van der Waals surface area contributed by atoms with Gasteiger partial charge in [0.25, 0.3) is 0 Å². The molecule has 3 nitrogen and oxygen atoms in total. The lowest BCUT2D eigenvalue weighted by molar-refractivity contribution is -0.139. The van der Waals surface area contributed by atoms with E-state index in [9.17, 15) is 4.79 Å². The predicted octanol–water partition coefficient (Wildman–Crippen LogP) is 2.26. The Morgan fingerprint density at radius 2 is 2.13 bits per heavy atom. The second kappa shape index (κ2) is 5.97.